The van der Waals surface area contributed by atoms with Gasteiger partial charge in [0.15, 0.2) is 0 Å². The molecule has 1 aromatic carbocycles. The molecule has 1 aromatic heterocycles. The minimum absolute atomic E-state index is 0.106. The molecule has 0 amide bonds. The lowest BCUT2D eigenvalue weighted by Gasteiger charge is -2.31. The fourth-order valence-corrected chi connectivity index (χ4v) is 4.79. The van der Waals surface area contributed by atoms with E-state index in [2.05, 4.69) is 26.9 Å². The van der Waals surface area contributed by atoms with Gasteiger partial charge in [0.2, 0.25) is 0 Å². The lowest BCUT2D eigenvalue weighted by atomic mass is 10.0. The van der Waals surface area contributed by atoms with Crippen molar-refractivity contribution in [2.75, 3.05) is 13.7 Å². The van der Waals surface area contributed by atoms with Crippen molar-refractivity contribution in [2.24, 2.45) is 0 Å². The van der Waals surface area contributed by atoms with Gasteiger partial charge in [0.25, 0.3) is 0 Å². The summed E-state index contributed by atoms with van der Waals surface area (Å²) in [6, 6.07) is 11.4. The number of carboxylic acid groups (broad SMARTS) is 1. The van der Waals surface area contributed by atoms with E-state index in [4.69, 9.17) is 4.74 Å². The van der Waals surface area contributed by atoms with Crippen LogP contribution in [0.1, 0.15) is 29.3 Å². The fraction of sp³-hybridized carbons (Fsp3) is 0.353. The lowest BCUT2D eigenvalue weighted by molar-refractivity contribution is -0.142. The molecule has 1 aliphatic heterocycles. The SMILES string of the molecule is COc1ccccc1C(c1ccc(Br)s1)N1CCCC1C(=O)O. The number of hydrogen-bond donors (Lipinski definition) is 1. The molecule has 4 nitrogen and oxygen atoms in total. The van der Waals surface area contributed by atoms with Crippen LogP contribution in [-0.4, -0.2) is 35.7 Å². The van der Waals surface area contributed by atoms with E-state index in [-0.39, 0.29) is 6.04 Å². The Morgan fingerprint density at radius 3 is 2.83 bits per heavy atom. The minimum Gasteiger partial charge on any atom is -0.496 e. The predicted octanol–water partition coefficient (Wildman–Crippen LogP) is 4.16. The summed E-state index contributed by atoms with van der Waals surface area (Å²) in [5.41, 5.74) is 1.01. The highest BCUT2D eigenvalue weighted by Gasteiger charge is 2.38. The number of carboxylic acids is 1. The molecule has 1 saturated heterocycles. The minimum atomic E-state index is -0.752. The Balaban J connectivity index is 2.09. The van der Waals surface area contributed by atoms with Crippen molar-refractivity contribution in [2.45, 2.75) is 24.9 Å². The molecule has 1 fully saturated rings. The van der Waals surface area contributed by atoms with E-state index in [1.165, 1.54) is 0 Å². The molecule has 23 heavy (non-hydrogen) atoms. The molecule has 0 spiro atoms. The van der Waals surface area contributed by atoms with Gasteiger partial charge < -0.3 is 9.84 Å². The first-order valence-electron chi connectivity index (χ1n) is 7.48. The molecule has 1 N–H and O–H groups in total. The number of benzene rings is 1. The number of halogens is 1. The molecule has 2 unspecified atom stereocenters. The summed E-state index contributed by atoms with van der Waals surface area (Å²) in [5, 5.41) is 9.58. The van der Waals surface area contributed by atoms with E-state index >= 15 is 0 Å². The van der Waals surface area contributed by atoms with Gasteiger partial charge in [-0.1, -0.05) is 18.2 Å². The third-order valence-electron chi connectivity index (χ3n) is 4.21. The third-order valence-corrected chi connectivity index (χ3v) is 5.88. The van der Waals surface area contributed by atoms with Gasteiger partial charge in [-0.15, -0.1) is 11.3 Å². The van der Waals surface area contributed by atoms with Gasteiger partial charge in [-0.3, -0.25) is 9.69 Å². The van der Waals surface area contributed by atoms with E-state index in [0.717, 1.165) is 32.9 Å². The molecule has 3 rings (SSSR count). The van der Waals surface area contributed by atoms with Crippen molar-refractivity contribution in [1.82, 2.24) is 4.90 Å². The summed E-state index contributed by atoms with van der Waals surface area (Å²) in [7, 11) is 1.65. The van der Waals surface area contributed by atoms with E-state index in [9.17, 15) is 9.90 Å². The van der Waals surface area contributed by atoms with Crippen molar-refractivity contribution in [3.8, 4) is 5.75 Å². The Bertz CT molecular complexity index is 703. The molecule has 2 heterocycles. The normalized spacial score (nSPS) is 19.7. The molecular formula is C17H18BrNO3S. The summed E-state index contributed by atoms with van der Waals surface area (Å²) < 4.78 is 6.57. The second-order valence-corrected chi connectivity index (χ2v) is 8.02. The Morgan fingerprint density at radius 2 is 2.17 bits per heavy atom. The number of methoxy groups -OCH3 is 1. The highest BCUT2D eigenvalue weighted by Crippen LogP contribution is 2.42. The molecule has 0 radical (unpaired) electrons. The maximum Gasteiger partial charge on any atom is 0.320 e. The van der Waals surface area contributed by atoms with Crippen LogP contribution >= 0.6 is 27.3 Å². The van der Waals surface area contributed by atoms with Crippen molar-refractivity contribution >= 4 is 33.2 Å². The number of aliphatic carboxylic acids is 1. The third kappa shape index (κ3) is 3.29. The van der Waals surface area contributed by atoms with Gasteiger partial charge in [0, 0.05) is 17.0 Å². The Morgan fingerprint density at radius 1 is 1.39 bits per heavy atom. The van der Waals surface area contributed by atoms with Crippen molar-refractivity contribution in [1.29, 1.82) is 0 Å². The summed E-state index contributed by atoms with van der Waals surface area (Å²) in [6.07, 6.45) is 1.59. The largest absolute Gasteiger partial charge is 0.496 e. The molecule has 0 bridgehead atoms. The van der Waals surface area contributed by atoms with Gasteiger partial charge in [-0.05, 0) is 47.0 Å². The topological polar surface area (TPSA) is 49.8 Å². The fourth-order valence-electron chi connectivity index (χ4n) is 3.23. The number of likely N-dealkylation sites (tertiary alicyclic amines) is 1. The van der Waals surface area contributed by atoms with Crippen molar-refractivity contribution in [3.63, 3.8) is 0 Å². The average Bonchev–Trinajstić information content (AvgIpc) is 3.18. The molecule has 122 valence electrons. The van der Waals surface area contributed by atoms with Crippen LogP contribution in [0.25, 0.3) is 0 Å². The van der Waals surface area contributed by atoms with Crippen LogP contribution in [0.2, 0.25) is 0 Å². The molecule has 0 saturated carbocycles. The quantitative estimate of drug-likeness (QED) is 0.825. The lowest BCUT2D eigenvalue weighted by Crippen LogP contribution is -2.39. The van der Waals surface area contributed by atoms with E-state index in [1.807, 2.05) is 30.3 Å². The number of para-hydroxylation sites is 1. The first-order chi connectivity index (χ1) is 11.1. The first-order valence-corrected chi connectivity index (χ1v) is 9.09. The van der Waals surface area contributed by atoms with Gasteiger partial charge in [-0.25, -0.2) is 0 Å². The Labute approximate surface area is 147 Å². The van der Waals surface area contributed by atoms with E-state index in [0.29, 0.717) is 6.42 Å². The second-order valence-electron chi connectivity index (χ2n) is 5.52. The molecule has 1 aliphatic rings. The van der Waals surface area contributed by atoms with Gasteiger partial charge >= 0.3 is 5.97 Å². The highest BCUT2D eigenvalue weighted by molar-refractivity contribution is 9.11. The molecular weight excluding hydrogens is 378 g/mol. The zero-order chi connectivity index (χ0) is 16.4. The zero-order valence-corrected chi connectivity index (χ0v) is 15.1. The standard InChI is InChI=1S/C17H18BrNO3S/c1-22-13-7-3-2-5-11(13)16(14-8-9-15(18)23-14)19-10-4-6-12(19)17(20)21/h2-3,5,7-9,12,16H,4,6,10H2,1H3,(H,20,21). The van der Waals surface area contributed by atoms with Gasteiger partial charge in [0.05, 0.1) is 16.9 Å². The Hall–Kier alpha value is -1.37. The number of hydrogen-bond acceptors (Lipinski definition) is 4. The molecule has 6 heteroatoms. The van der Waals surface area contributed by atoms with Crippen LogP contribution in [0.15, 0.2) is 40.2 Å². The van der Waals surface area contributed by atoms with Gasteiger partial charge in [0.1, 0.15) is 11.8 Å². The second kappa shape index (κ2) is 7.03. The number of carbonyl (C=O) groups is 1. The molecule has 0 aliphatic carbocycles. The Kier molecular flexibility index (Phi) is 5.04. The predicted molar refractivity (Wildman–Crippen MR) is 94.2 cm³/mol. The highest BCUT2D eigenvalue weighted by atomic mass is 79.9. The maximum atomic E-state index is 11.7. The van der Waals surface area contributed by atoms with E-state index in [1.54, 1.807) is 18.4 Å². The van der Waals surface area contributed by atoms with Crippen LogP contribution < -0.4 is 4.74 Å². The smallest absolute Gasteiger partial charge is 0.320 e. The van der Waals surface area contributed by atoms with Crippen molar-refractivity contribution < 1.29 is 14.6 Å². The summed E-state index contributed by atoms with van der Waals surface area (Å²) in [4.78, 5) is 14.9. The van der Waals surface area contributed by atoms with Crippen molar-refractivity contribution in [3.05, 3.63) is 50.6 Å². The molecule has 2 atom stereocenters. The van der Waals surface area contributed by atoms with E-state index < -0.39 is 12.0 Å². The van der Waals surface area contributed by atoms with Crippen LogP contribution in [0.4, 0.5) is 0 Å². The summed E-state index contributed by atoms with van der Waals surface area (Å²) in [6.45, 7) is 0.773. The van der Waals surface area contributed by atoms with Crippen LogP contribution in [0.3, 0.4) is 0 Å². The summed E-state index contributed by atoms with van der Waals surface area (Å²) >= 11 is 5.15. The summed E-state index contributed by atoms with van der Waals surface area (Å²) in [5.74, 6) is 0.0380. The van der Waals surface area contributed by atoms with Crippen LogP contribution in [0.5, 0.6) is 5.75 Å². The van der Waals surface area contributed by atoms with Crippen LogP contribution in [0, 0.1) is 0 Å². The zero-order valence-electron chi connectivity index (χ0n) is 12.7. The van der Waals surface area contributed by atoms with Gasteiger partial charge in [-0.2, -0.15) is 0 Å². The first kappa shape index (κ1) is 16.5. The number of thiophene rings is 1. The number of ether oxygens (including phenoxy) is 1. The van der Waals surface area contributed by atoms with Crippen LogP contribution in [-0.2, 0) is 4.79 Å². The monoisotopic (exact) mass is 395 g/mol. The number of rotatable bonds is 5. The average molecular weight is 396 g/mol. The maximum absolute atomic E-state index is 11.7. The molecule has 2 aromatic rings. The number of nitrogens with zero attached hydrogens (tertiary/aromatic N) is 1.